The van der Waals surface area contributed by atoms with Crippen molar-refractivity contribution in [1.29, 1.82) is 0 Å². The van der Waals surface area contributed by atoms with Gasteiger partial charge < -0.3 is 10.3 Å². The van der Waals surface area contributed by atoms with E-state index in [4.69, 9.17) is 10.3 Å². The first-order chi connectivity index (χ1) is 9.36. The van der Waals surface area contributed by atoms with E-state index in [1.54, 1.807) is 11.3 Å². The van der Waals surface area contributed by atoms with Crippen LogP contribution in [-0.4, -0.2) is 21.7 Å². The Kier molecular flexibility index (Phi) is 3.89. The van der Waals surface area contributed by atoms with Gasteiger partial charge >= 0.3 is 0 Å². The molecule has 0 amide bonds. The van der Waals surface area contributed by atoms with Crippen LogP contribution < -0.4 is 5.73 Å². The molecule has 1 aliphatic rings. The van der Waals surface area contributed by atoms with E-state index in [1.807, 2.05) is 5.38 Å². The molecule has 3 rings (SSSR count). The second-order valence-electron chi connectivity index (χ2n) is 4.96. The standard InChI is InChI=1S/C13H18N4OS/c14-7-6-11-15-10(8-19-11)13-16-12(17-18-13)9-4-2-1-3-5-9/h8-9H,1-7,14H2. The lowest BCUT2D eigenvalue weighted by Gasteiger charge is -2.17. The molecule has 1 saturated carbocycles. The molecule has 0 unspecified atom stereocenters. The minimum absolute atomic E-state index is 0.466. The van der Waals surface area contributed by atoms with Gasteiger partial charge in [0, 0.05) is 17.7 Å². The van der Waals surface area contributed by atoms with Crippen LogP contribution in [0.15, 0.2) is 9.90 Å². The van der Waals surface area contributed by atoms with Gasteiger partial charge in [-0.3, -0.25) is 0 Å². The Morgan fingerprint density at radius 2 is 2.11 bits per heavy atom. The van der Waals surface area contributed by atoms with E-state index >= 15 is 0 Å². The van der Waals surface area contributed by atoms with Gasteiger partial charge in [-0.15, -0.1) is 11.3 Å². The first-order valence-electron chi connectivity index (χ1n) is 6.85. The van der Waals surface area contributed by atoms with Gasteiger partial charge in [0.1, 0.15) is 5.69 Å². The van der Waals surface area contributed by atoms with Gasteiger partial charge in [0.15, 0.2) is 5.82 Å². The van der Waals surface area contributed by atoms with Crippen molar-refractivity contribution in [3.05, 3.63) is 16.2 Å². The molecule has 2 N–H and O–H groups in total. The summed E-state index contributed by atoms with van der Waals surface area (Å²) in [7, 11) is 0. The molecule has 19 heavy (non-hydrogen) atoms. The number of hydrogen-bond acceptors (Lipinski definition) is 6. The van der Waals surface area contributed by atoms with Gasteiger partial charge in [0.25, 0.3) is 5.89 Å². The van der Waals surface area contributed by atoms with E-state index in [1.165, 1.54) is 32.1 Å². The van der Waals surface area contributed by atoms with E-state index in [0.29, 0.717) is 18.4 Å². The number of nitrogens with zero attached hydrogens (tertiary/aromatic N) is 3. The molecule has 2 aromatic rings. The number of rotatable bonds is 4. The van der Waals surface area contributed by atoms with Crippen LogP contribution >= 0.6 is 11.3 Å². The van der Waals surface area contributed by atoms with E-state index < -0.39 is 0 Å². The van der Waals surface area contributed by atoms with Crippen LogP contribution in [0.1, 0.15) is 48.9 Å². The summed E-state index contributed by atoms with van der Waals surface area (Å²) in [6.45, 7) is 0.615. The van der Waals surface area contributed by atoms with E-state index in [9.17, 15) is 0 Å². The molecule has 0 saturated heterocycles. The minimum atomic E-state index is 0.466. The maximum absolute atomic E-state index is 5.53. The predicted octanol–water partition coefficient (Wildman–Crippen LogP) is 2.74. The van der Waals surface area contributed by atoms with Crippen molar-refractivity contribution in [2.75, 3.05) is 6.54 Å². The largest absolute Gasteiger partial charge is 0.332 e. The topological polar surface area (TPSA) is 77.8 Å². The number of nitrogens with two attached hydrogens (primary N) is 1. The molecular weight excluding hydrogens is 260 g/mol. The summed E-state index contributed by atoms with van der Waals surface area (Å²) in [6.07, 6.45) is 7.02. The van der Waals surface area contributed by atoms with E-state index in [0.717, 1.165) is 22.9 Å². The molecule has 2 aromatic heterocycles. The fourth-order valence-electron chi connectivity index (χ4n) is 2.51. The quantitative estimate of drug-likeness (QED) is 0.930. The fraction of sp³-hybridized carbons (Fsp3) is 0.615. The Labute approximate surface area is 116 Å². The SMILES string of the molecule is NCCc1nc(-c2nc(C3CCCCC3)no2)cs1. The predicted molar refractivity (Wildman–Crippen MR) is 74.0 cm³/mol. The zero-order valence-electron chi connectivity index (χ0n) is 10.8. The van der Waals surface area contributed by atoms with Crippen molar-refractivity contribution in [2.45, 2.75) is 44.4 Å². The molecule has 0 atom stereocenters. The highest BCUT2D eigenvalue weighted by molar-refractivity contribution is 7.09. The molecule has 5 nitrogen and oxygen atoms in total. The van der Waals surface area contributed by atoms with Gasteiger partial charge in [0.05, 0.1) is 5.01 Å². The third-order valence-electron chi connectivity index (χ3n) is 3.54. The number of thiazole rings is 1. The Balaban J connectivity index is 1.75. The lowest BCUT2D eigenvalue weighted by Crippen LogP contribution is -2.06. The third-order valence-corrected chi connectivity index (χ3v) is 4.45. The Bertz CT molecular complexity index is 530. The Morgan fingerprint density at radius 3 is 2.89 bits per heavy atom. The molecule has 0 bridgehead atoms. The first-order valence-corrected chi connectivity index (χ1v) is 7.73. The molecule has 6 heteroatoms. The lowest BCUT2D eigenvalue weighted by atomic mass is 9.89. The molecule has 2 heterocycles. The van der Waals surface area contributed by atoms with Crippen LogP contribution in [0.4, 0.5) is 0 Å². The van der Waals surface area contributed by atoms with Gasteiger partial charge in [-0.2, -0.15) is 4.98 Å². The summed E-state index contributed by atoms with van der Waals surface area (Å²) in [6, 6.07) is 0. The van der Waals surface area contributed by atoms with Gasteiger partial charge in [-0.05, 0) is 19.4 Å². The maximum Gasteiger partial charge on any atom is 0.277 e. The van der Waals surface area contributed by atoms with E-state index in [-0.39, 0.29) is 0 Å². The highest BCUT2D eigenvalue weighted by Gasteiger charge is 2.22. The smallest absolute Gasteiger partial charge is 0.277 e. The highest BCUT2D eigenvalue weighted by atomic mass is 32.1. The molecule has 0 aromatic carbocycles. The van der Waals surface area contributed by atoms with Gasteiger partial charge in [0.2, 0.25) is 0 Å². The van der Waals surface area contributed by atoms with Crippen LogP contribution in [-0.2, 0) is 6.42 Å². The van der Waals surface area contributed by atoms with Crippen LogP contribution in [0.3, 0.4) is 0 Å². The summed E-state index contributed by atoms with van der Waals surface area (Å²) in [5.41, 5.74) is 6.31. The third kappa shape index (κ3) is 2.84. The van der Waals surface area contributed by atoms with Crippen LogP contribution in [0.25, 0.3) is 11.6 Å². The molecule has 1 fully saturated rings. The van der Waals surface area contributed by atoms with Crippen LogP contribution in [0.5, 0.6) is 0 Å². The Hall–Kier alpha value is -1.27. The summed E-state index contributed by atoms with van der Waals surface area (Å²) in [5, 5.41) is 7.11. The summed E-state index contributed by atoms with van der Waals surface area (Å²) >= 11 is 1.59. The van der Waals surface area contributed by atoms with Crippen molar-refractivity contribution >= 4 is 11.3 Å². The molecule has 0 aliphatic heterocycles. The lowest BCUT2D eigenvalue weighted by molar-refractivity contribution is 0.385. The zero-order valence-corrected chi connectivity index (χ0v) is 11.7. The molecule has 1 aliphatic carbocycles. The van der Waals surface area contributed by atoms with Crippen molar-refractivity contribution in [3.8, 4) is 11.6 Å². The average molecular weight is 278 g/mol. The minimum Gasteiger partial charge on any atom is -0.332 e. The summed E-state index contributed by atoms with van der Waals surface area (Å²) in [5.74, 6) is 1.86. The van der Waals surface area contributed by atoms with Crippen LogP contribution in [0.2, 0.25) is 0 Å². The fourth-order valence-corrected chi connectivity index (χ4v) is 3.30. The molecule has 0 spiro atoms. The average Bonchev–Trinajstić information content (AvgIpc) is 3.08. The Morgan fingerprint density at radius 1 is 1.26 bits per heavy atom. The van der Waals surface area contributed by atoms with Crippen molar-refractivity contribution in [2.24, 2.45) is 5.73 Å². The summed E-state index contributed by atoms with van der Waals surface area (Å²) in [4.78, 5) is 8.98. The van der Waals surface area contributed by atoms with E-state index in [2.05, 4.69) is 15.1 Å². The zero-order chi connectivity index (χ0) is 13.1. The van der Waals surface area contributed by atoms with Gasteiger partial charge in [-0.1, -0.05) is 24.4 Å². The molecule has 102 valence electrons. The van der Waals surface area contributed by atoms with Gasteiger partial charge in [-0.25, -0.2) is 4.98 Å². The molecule has 0 radical (unpaired) electrons. The first kappa shape index (κ1) is 12.7. The highest BCUT2D eigenvalue weighted by Crippen LogP contribution is 2.32. The monoisotopic (exact) mass is 278 g/mol. The number of hydrogen-bond donors (Lipinski definition) is 1. The second kappa shape index (κ2) is 5.79. The maximum atomic E-state index is 5.53. The summed E-state index contributed by atoms with van der Waals surface area (Å²) < 4.78 is 5.35. The van der Waals surface area contributed by atoms with Crippen LogP contribution in [0, 0.1) is 0 Å². The van der Waals surface area contributed by atoms with Crippen molar-refractivity contribution in [3.63, 3.8) is 0 Å². The van der Waals surface area contributed by atoms with Crippen molar-refractivity contribution in [1.82, 2.24) is 15.1 Å². The normalized spacial score (nSPS) is 16.9. The number of aromatic nitrogens is 3. The van der Waals surface area contributed by atoms with Crippen molar-refractivity contribution < 1.29 is 4.52 Å². The molecular formula is C13H18N4OS. The second-order valence-corrected chi connectivity index (χ2v) is 5.90.